The summed E-state index contributed by atoms with van der Waals surface area (Å²) in [6.45, 7) is 4.65. The van der Waals surface area contributed by atoms with Gasteiger partial charge in [-0.1, -0.05) is 78.9 Å². The lowest BCUT2D eigenvalue weighted by Crippen LogP contribution is -2.33. The Morgan fingerprint density at radius 2 is 1.36 bits per heavy atom. The van der Waals surface area contributed by atoms with Crippen molar-refractivity contribution < 1.29 is 0 Å². The molecule has 0 saturated heterocycles. The van der Waals surface area contributed by atoms with E-state index in [1.54, 1.807) is 0 Å². The molecule has 0 amide bonds. The minimum Gasteiger partial charge on any atom is -0.255 e. The molecule has 3 unspecified atom stereocenters. The Hall–Kier alpha value is -3.97. The third-order valence-corrected chi connectivity index (χ3v) is 9.32. The molecule has 1 aliphatic heterocycles. The first-order valence-electron chi connectivity index (χ1n) is 13.1. The fourth-order valence-electron chi connectivity index (χ4n) is 8.17. The lowest BCUT2D eigenvalue weighted by molar-refractivity contribution is 0.834. The Labute approximate surface area is 211 Å². The van der Waals surface area contributed by atoms with Crippen LogP contribution in [0.4, 0.5) is 5.69 Å². The van der Waals surface area contributed by atoms with Crippen molar-refractivity contribution in [3.63, 3.8) is 0 Å². The highest BCUT2D eigenvalue weighted by molar-refractivity contribution is 6.17. The predicted molar refractivity (Wildman–Crippen MR) is 147 cm³/mol. The average Bonchev–Trinajstić information content (AvgIpc) is 3.29. The van der Waals surface area contributed by atoms with E-state index in [2.05, 4.69) is 98.8 Å². The number of fused-ring (bicyclic) bond motifs is 3. The molecule has 4 aliphatic rings. The average molecular weight is 460 g/mol. The molecule has 0 bridgehead atoms. The van der Waals surface area contributed by atoms with E-state index in [1.165, 1.54) is 83.4 Å². The van der Waals surface area contributed by atoms with Crippen LogP contribution in [-0.2, 0) is 6.42 Å². The minimum atomic E-state index is 0.244. The van der Waals surface area contributed by atoms with Gasteiger partial charge in [-0.15, -0.1) is 0 Å². The van der Waals surface area contributed by atoms with Crippen LogP contribution < -0.4 is 0 Å². The zero-order valence-corrected chi connectivity index (χ0v) is 20.5. The third kappa shape index (κ3) is 2.13. The van der Waals surface area contributed by atoms with E-state index in [1.807, 2.05) is 0 Å². The van der Waals surface area contributed by atoms with Gasteiger partial charge in [0.05, 0.1) is 11.6 Å². The van der Waals surface area contributed by atoms with Crippen LogP contribution >= 0.6 is 0 Å². The highest BCUT2D eigenvalue weighted by Crippen LogP contribution is 2.61. The third-order valence-electron chi connectivity index (χ3n) is 9.32. The summed E-state index contributed by atoms with van der Waals surface area (Å²) in [5, 5.41) is 3.00. The van der Waals surface area contributed by atoms with E-state index in [9.17, 15) is 0 Å². The van der Waals surface area contributed by atoms with Crippen LogP contribution in [0.25, 0.3) is 10.8 Å². The Morgan fingerprint density at radius 3 is 2.25 bits per heavy atom. The molecule has 1 heteroatoms. The number of aliphatic imine (C=N–C) groups is 1. The maximum atomic E-state index is 5.47. The van der Waals surface area contributed by atoms with Gasteiger partial charge in [0.25, 0.3) is 0 Å². The van der Waals surface area contributed by atoms with Crippen molar-refractivity contribution in [1.29, 1.82) is 0 Å². The van der Waals surface area contributed by atoms with Crippen LogP contribution in [0.1, 0.15) is 79.0 Å². The van der Waals surface area contributed by atoms with Crippen LogP contribution in [0.15, 0.2) is 89.9 Å². The van der Waals surface area contributed by atoms with Gasteiger partial charge in [-0.25, -0.2) is 0 Å². The molecule has 0 aromatic heterocycles. The molecule has 3 atom stereocenters. The molecular formula is C35H25N. The standard InChI is InChI=1S/C35H25N/c1-18-15-22-17-21-11-6-7-12-23(21)32-29(22)33-27(18)19(2)16-25-28(20-9-4-3-5-10-20)24-13-8-14-26-30(24)34(31(25)33)35(32)36-26/h3-16,28,32,34H,17H2,1-2H3. The fourth-order valence-corrected chi connectivity index (χ4v) is 8.17. The van der Waals surface area contributed by atoms with Crippen molar-refractivity contribution in [3.05, 3.63) is 146 Å². The summed E-state index contributed by atoms with van der Waals surface area (Å²) in [6, 6.07) is 32.0. The first-order valence-corrected chi connectivity index (χ1v) is 13.1. The summed E-state index contributed by atoms with van der Waals surface area (Å²) in [7, 11) is 0. The van der Waals surface area contributed by atoms with Gasteiger partial charge in [0, 0.05) is 17.5 Å². The van der Waals surface area contributed by atoms with E-state index in [0.717, 1.165) is 6.42 Å². The second-order valence-electron chi connectivity index (χ2n) is 11.1. The summed E-state index contributed by atoms with van der Waals surface area (Å²) >= 11 is 0. The van der Waals surface area contributed by atoms with Gasteiger partial charge in [0.1, 0.15) is 0 Å². The minimum absolute atomic E-state index is 0.244. The molecule has 0 spiro atoms. The van der Waals surface area contributed by atoms with E-state index in [4.69, 9.17) is 4.99 Å². The van der Waals surface area contributed by atoms with Crippen molar-refractivity contribution in [2.24, 2.45) is 4.99 Å². The van der Waals surface area contributed by atoms with E-state index in [0.29, 0.717) is 0 Å². The second kappa shape index (κ2) is 6.42. The first-order chi connectivity index (χ1) is 17.7. The zero-order valence-electron chi connectivity index (χ0n) is 20.5. The van der Waals surface area contributed by atoms with Crippen LogP contribution in [0, 0.1) is 13.8 Å². The van der Waals surface area contributed by atoms with Crippen LogP contribution in [-0.4, -0.2) is 5.71 Å². The molecule has 0 N–H and O–H groups in total. The smallest absolute Gasteiger partial charge is 0.0675 e. The number of benzene rings is 5. The highest BCUT2D eigenvalue weighted by atomic mass is 14.8. The van der Waals surface area contributed by atoms with Crippen molar-refractivity contribution >= 4 is 22.2 Å². The van der Waals surface area contributed by atoms with E-state index in [-0.39, 0.29) is 17.8 Å². The Bertz CT molecular complexity index is 1840. The van der Waals surface area contributed by atoms with Crippen molar-refractivity contribution in [2.75, 3.05) is 0 Å². The summed E-state index contributed by atoms with van der Waals surface area (Å²) in [4.78, 5) is 5.47. The monoisotopic (exact) mass is 459 g/mol. The second-order valence-corrected chi connectivity index (χ2v) is 11.1. The first kappa shape index (κ1) is 19.2. The molecule has 170 valence electrons. The molecule has 5 aromatic rings. The Morgan fingerprint density at radius 1 is 0.583 bits per heavy atom. The maximum absolute atomic E-state index is 5.47. The van der Waals surface area contributed by atoms with Gasteiger partial charge in [-0.3, -0.25) is 4.99 Å². The maximum Gasteiger partial charge on any atom is 0.0675 e. The molecule has 36 heavy (non-hydrogen) atoms. The lowest BCUT2D eigenvalue weighted by Gasteiger charge is -2.42. The van der Waals surface area contributed by atoms with Gasteiger partial charge in [-0.2, -0.15) is 0 Å². The fraction of sp³-hybridized carbons (Fsp3) is 0.171. The quantitative estimate of drug-likeness (QED) is 0.239. The van der Waals surface area contributed by atoms with Gasteiger partial charge < -0.3 is 0 Å². The van der Waals surface area contributed by atoms with Crippen molar-refractivity contribution in [1.82, 2.24) is 0 Å². The molecule has 0 fully saturated rings. The van der Waals surface area contributed by atoms with Crippen LogP contribution in [0.2, 0.25) is 0 Å². The van der Waals surface area contributed by atoms with Gasteiger partial charge >= 0.3 is 0 Å². The van der Waals surface area contributed by atoms with Crippen LogP contribution in [0.5, 0.6) is 0 Å². The SMILES string of the molecule is Cc1cc2c3c4c5c(cc(C)c14)C(c1ccccc1)c1cccc4c1C5C(=N4)C3c1ccccc1C2. The molecule has 0 radical (unpaired) electrons. The molecule has 3 aliphatic carbocycles. The molecule has 5 aromatic carbocycles. The Kier molecular flexibility index (Phi) is 3.43. The summed E-state index contributed by atoms with van der Waals surface area (Å²) in [5.74, 6) is 0.745. The number of nitrogens with zero attached hydrogens (tertiary/aromatic N) is 1. The summed E-state index contributed by atoms with van der Waals surface area (Å²) in [5.41, 5.74) is 18.6. The number of aryl methyl sites for hydroxylation is 2. The van der Waals surface area contributed by atoms with Gasteiger partial charge in [0.2, 0.25) is 0 Å². The predicted octanol–water partition coefficient (Wildman–Crippen LogP) is 8.22. The van der Waals surface area contributed by atoms with Gasteiger partial charge in [-0.05, 0) is 98.3 Å². The molecule has 9 rings (SSSR count). The summed E-state index contributed by atoms with van der Waals surface area (Å²) in [6.07, 6.45) is 1.01. The number of hydrogen-bond acceptors (Lipinski definition) is 1. The van der Waals surface area contributed by atoms with E-state index >= 15 is 0 Å². The molecule has 0 saturated carbocycles. The van der Waals surface area contributed by atoms with Gasteiger partial charge in [0.15, 0.2) is 0 Å². The zero-order chi connectivity index (χ0) is 23.7. The topological polar surface area (TPSA) is 12.4 Å². The van der Waals surface area contributed by atoms with Crippen molar-refractivity contribution in [3.8, 4) is 0 Å². The van der Waals surface area contributed by atoms with Crippen LogP contribution in [0.3, 0.4) is 0 Å². The van der Waals surface area contributed by atoms with Crippen molar-refractivity contribution in [2.45, 2.75) is 38.0 Å². The van der Waals surface area contributed by atoms with E-state index < -0.39 is 0 Å². The largest absolute Gasteiger partial charge is 0.255 e. The normalized spacial score (nSPS) is 21.4. The Balaban J connectivity index is 1.51. The molecular weight excluding hydrogens is 434 g/mol. The lowest BCUT2D eigenvalue weighted by atomic mass is 9.59. The number of rotatable bonds is 1. The summed E-state index contributed by atoms with van der Waals surface area (Å²) < 4.78 is 0. The molecule has 1 nitrogen and oxygen atoms in total. The number of hydrogen-bond donors (Lipinski definition) is 0. The molecule has 1 heterocycles. The highest BCUT2D eigenvalue weighted by Gasteiger charge is 2.49.